The molecule has 0 saturated heterocycles. The van der Waals surface area contributed by atoms with Gasteiger partial charge < -0.3 is 14.2 Å². The van der Waals surface area contributed by atoms with Crippen LogP contribution in [0.4, 0.5) is 14.9 Å². The molecule has 2 heterocycles. The van der Waals surface area contributed by atoms with Crippen LogP contribution in [0, 0.1) is 5.82 Å². The van der Waals surface area contributed by atoms with Crippen LogP contribution < -0.4 is 5.32 Å². The number of aromatic nitrogens is 2. The van der Waals surface area contributed by atoms with Crippen molar-refractivity contribution in [2.24, 2.45) is 0 Å². The summed E-state index contributed by atoms with van der Waals surface area (Å²) in [5.41, 5.74) is 3.09. The number of nitrogens with one attached hydrogen (secondary N) is 1. The van der Waals surface area contributed by atoms with Crippen LogP contribution in [0.1, 0.15) is 5.69 Å². The number of ether oxygens (including phenoxy) is 1. The Hall–Kier alpha value is -3.45. The zero-order chi connectivity index (χ0) is 19.0. The molecule has 2 aromatic heterocycles. The van der Waals surface area contributed by atoms with Crippen LogP contribution in [-0.2, 0) is 11.3 Å². The minimum Gasteiger partial charge on any atom is -0.453 e. The van der Waals surface area contributed by atoms with E-state index in [9.17, 15) is 14.3 Å². The lowest BCUT2D eigenvalue weighted by molar-refractivity contribution is 0.187. The van der Waals surface area contributed by atoms with Crippen molar-refractivity contribution in [1.82, 2.24) is 9.38 Å². The first kappa shape index (κ1) is 17.0. The van der Waals surface area contributed by atoms with Gasteiger partial charge in [-0.3, -0.25) is 5.32 Å². The van der Waals surface area contributed by atoms with Gasteiger partial charge >= 0.3 is 6.09 Å². The number of amides is 1. The summed E-state index contributed by atoms with van der Waals surface area (Å²) in [6.45, 7) is -0.223. The molecule has 0 unspecified atom stereocenters. The highest BCUT2D eigenvalue weighted by Crippen LogP contribution is 2.30. The van der Waals surface area contributed by atoms with Crippen LogP contribution >= 0.6 is 0 Å². The monoisotopic (exact) mass is 365 g/mol. The van der Waals surface area contributed by atoms with E-state index in [-0.39, 0.29) is 12.4 Å². The first-order valence-corrected chi connectivity index (χ1v) is 8.26. The zero-order valence-electron chi connectivity index (χ0n) is 14.4. The number of imidazole rings is 1. The number of aliphatic hydroxyl groups is 1. The number of pyridine rings is 1. The highest BCUT2D eigenvalue weighted by atomic mass is 19.1. The van der Waals surface area contributed by atoms with E-state index in [2.05, 4.69) is 15.0 Å². The number of rotatable bonds is 3. The fourth-order valence-electron chi connectivity index (χ4n) is 3.10. The van der Waals surface area contributed by atoms with Crippen molar-refractivity contribution >= 4 is 28.2 Å². The van der Waals surface area contributed by atoms with E-state index >= 15 is 0 Å². The van der Waals surface area contributed by atoms with E-state index in [4.69, 9.17) is 0 Å². The second kappa shape index (κ2) is 6.69. The molecule has 0 bridgehead atoms. The van der Waals surface area contributed by atoms with Crippen molar-refractivity contribution < 1.29 is 19.0 Å². The van der Waals surface area contributed by atoms with Gasteiger partial charge in [-0.25, -0.2) is 14.2 Å². The third-order valence-electron chi connectivity index (χ3n) is 4.41. The number of aliphatic hydroxyl groups excluding tert-OH is 1. The Labute approximate surface area is 153 Å². The Morgan fingerprint density at radius 1 is 1.22 bits per heavy atom. The maximum Gasteiger partial charge on any atom is 0.411 e. The number of fused-ring (bicyclic) bond motifs is 3. The minimum absolute atomic E-state index is 0.223. The van der Waals surface area contributed by atoms with Crippen LogP contribution in [0.3, 0.4) is 0 Å². The van der Waals surface area contributed by atoms with E-state index in [1.54, 1.807) is 28.7 Å². The number of benzene rings is 2. The molecular formula is C20H16FN3O3. The fourth-order valence-corrected chi connectivity index (χ4v) is 3.10. The number of carbonyl (C=O) groups excluding carboxylic acids is 1. The van der Waals surface area contributed by atoms with Crippen molar-refractivity contribution in [3.05, 3.63) is 66.2 Å². The summed E-state index contributed by atoms with van der Waals surface area (Å²) in [4.78, 5) is 16.2. The second-order valence-corrected chi connectivity index (χ2v) is 6.00. The molecule has 7 heteroatoms. The number of methoxy groups -OCH3 is 1. The standard InChI is InChI=1S/C20H16FN3O3/c1-27-20(26)22-15-7-4-12-8-9-24-17(11-25)18(23-19(24)16(12)10-15)13-2-5-14(21)6-3-13/h2-10,25H,11H2,1H3,(H,22,26). The first-order chi connectivity index (χ1) is 13.1. The van der Waals surface area contributed by atoms with Crippen LogP contribution in [0.15, 0.2) is 54.7 Å². The first-order valence-electron chi connectivity index (χ1n) is 8.26. The van der Waals surface area contributed by atoms with Crippen LogP contribution in [-0.4, -0.2) is 27.7 Å². The minimum atomic E-state index is -0.562. The summed E-state index contributed by atoms with van der Waals surface area (Å²) >= 11 is 0. The van der Waals surface area contributed by atoms with E-state index in [0.717, 1.165) is 10.8 Å². The van der Waals surface area contributed by atoms with Gasteiger partial charge in [0, 0.05) is 22.8 Å². The maximum atomic E-state index is 13.3. The molecule has 1 amide bonds. The Morgan fingerprint density at radius 3 is 2.70 bits per heavy atom. The molecule has 4 aromatic rings. The molecule has 0 aliphatic carbocycles. The van der Waals surface area contributed by atoms with Crippen LogP contribution in [0.5, 0.6) is 0 Å². The van der Waals surface area contributed by atoms with E-state index < -0.39 is 6.09 Å². The summed E-state index contributed by atoms with van der Waals surface area (Å²) in [5.74, 6) is -0.336. The van der Waals surface area contributed by atoms with Crippen molar-refractivity contribution in [1.29, 1.82) is 0 Å². The van der Waals surface area contributed by atoms with Gasteiger partial charge in [0.15, 0.2) is 0 Å². The molecule has 0 spiro atoms. The number of hydrogen-bond donors (Lipinski definition) is 2. The molecule has 2 N–H and O–H groups in total. The Balaban J connectivity index is 1.94. The molecule has 6 nitrogen and oxygen atoms in total. The molecular weight excluding hydrogens is 349 g/mol. The van der Waals surface area contributed by atoms with E-state index in [0.29, 0.717) is 28.3 Å². The molecule has 0 fully saturated rings. The lowest BCUT2D eigenvalue weighted by Crippen LogP contribution is -2.10. The molecule has 0 atom stereocenters. The molecule has 0 aliphatic heterocycles. The van der Waals surface area contributed by atoms with Gasteiger partial charge in [-0.05, 0) is 47.9 Å². The van der Waals surface area contributed by atoms with Crippen molar-refractivity contribution in [2.75, 3.05) is 12.4 Å². The summed E-state index contributed by atoms with van der Waals surface area (Å²) in [7, 11) is 1.30. The van der Waals surface area contributed by atoms with E-state index in [1.165, 1.54) is 19.2 Å². The van der Waals surface area contributed by atoms with Crippen molar-refractivity contribution in [3.63, 3.8) is 0 Å². The number of anilines is 1. The smallest absolute Gasteiger partial charge is 0.411 e. The average molecular weight is 365 g/mol. The predicted octanol–water partition coefficient (Wildman–Crippen LogP) is 3.96. The average Bonchev–Trinajstić information content (AvgIpc) is 3.07. The maximum absolute atomic E-state index is 13.3. The van der Waals surface area contributed by atoms with Crippen LogP contribution in [0.25, 0.3) is 27.7 Å². The molecule has 136 valence electrons. The fraction of sp³-hybridized carbons (Fsp3) is 0.100. The summed E-state index contributed by atoms with van der Waals surface area (Å²) in [6, 6.07) is 13.3. The number of hydrogen-bond acceptors (Lipinski definition) is 4. The third-order valence-corrected chi connectivity index (χ3v) is 4.41. The largest absolute Gasteiger partial charge is 0.453 e. The highest BCUT2D eigenvalue weighted by Gasteiger charge is 2.16. The Morgan fingerprint density at radius 2 is 2.00 bits per heavy atom. The van der Waals surface area contributed by atoms with Crippen molar-refractivity contribution in [2.45, 2.75) is 6.61 Å². The Bertz CT molecular complexity index is 1150. The molecule has 4 rings (SSSR count). The van der Waals surface area contributed by atoms with Gasteiger partial charge in [0.1, 0.15) is 11.5 Å². The second-order valence-electron chi connectivity index (χ2n) is 6.00. The van der Waals surface area contributed by atoms with Gasteiger partial charge in [-0.2, -0.15) is 0 Å². The number of carbonyl (C=O) groups is 1. The Kier molecular flexibility index (Phi) is 4.21. The quantitative estimate of drug-likeness (QED) is 0.576. The topological polar surface area (TPSA) is 75.9 Å². The zero-order valence-corrected chi connectivity index (χ0v) is 14.4. The molecule has 2 aromatic carbocycles. The van der Waals surface area contributed by atoms with Gasteiger partial charge in [-0.15, -0.1) is 0 Å². The summed E-state index contributed by atoms with van der Waals surface area (Å²) < 4.78 is 19.7. The molecule has 0 radical (unpaired) electrons. The number of halogens is 1. The molecule has 0 aliphatic rings. The molecule has 0 saturated carbocycles. The number of nitrogens with zero attached hydrogens (tertiary/aromatic N) is 2. The van der Waals surface area contributed by atoms with Crippen molar-refractivity contribution in [3.8, 4) is 11.3 Å². The summed E-state index contributed by atoms with van der Waals surface area (Å²) in [5, 5.41) is 14.3. The lowest BCUT2D eigenvalue weighted by Gasteiger charge is -2.07. The third kappa shape index (κ3) is 2.98. The predicted molar refractivity (Wildman–Crippen MR) is 100 cm³/mol. The normalized spacial score (nSPS) is 11.1. The van der Waals surface area contributed by atoms with E-state index in [1.807, 2.05) is 18.3 Å². The highest BCUT2D eigenvalue weighted by molar-refractivity contribution is 5.99. The summed E-state index contributed by atoms with van der Waals surface area (Å²) in [6.07, 6.45) is 1.27. The van der Waals surface area contributed by atoms with Gasteiger partial charge in [0.05, 0.1) is 25.1 Å². The van der Waals surface area contributed by atoms with Gasteiger partial charge in [0.2, 0.25) is 0 Å². The van der Waals surface area contributed by atoms with Crippen LogP contribution in [0.2, 0.25) is 0 Å². The van der Waals surface area contributed by atoms with Gasteiger partial charge in [0.25, 0.3) is 0 Å². The SMILES string of the molecule is COC(=O)Nc1ccc2ccn3c(CO)c(-c4ccc(F)cc4)nc3c2c1. The molecule has 27 heavy (non-hydrogen) atoms. The van der Waals surface area contributed by atoms with Gasteiger partial charge in [-0.1, -0.05) is 6.07 Å². The lowest BCUT2D eigenvalue weighted by atomic mass is 10.1.